The number of amides is 2. The van der Waals surface area contributed by atoms with Gasteiger partial charge in [-0.1, -0.05) is 5.16 Å². The van der Waals surface area contributed by atoms with Crippen molar-refractivity contribution in [2.24, 2.45) is 0 Å². The number of urea groups is 1. The Balaban J connectivity index is 1.52. The number of hydrogen-bond acceptors (Lipinski definition) is 4. The van der Waals surface area contributed by atoms with Crippen LogP contribution >= 0.6 is 0 Å². The molecule has 130 valence electrons. The van der Waals surface area contributed by atoms with Crippen LogP contribution in [0.4, 0.5) is 10.5 Å². The molecule has 6 heteroatoms. The molecule has 1 N–H and O–H groups in total. The lowest BCUT2D eigenvalue weighted by Crippen LogP contribution is -2.41. The lowest BCUT2D eigenvalue weighted by molar-refractivity contribution is 0.0994. The quantitative estimate of drug-likeness (QED) is 0.901. The van der Waals surface area contributed by atoms with E-state index in [4.69, 9.17) is 4.52 Å². The number of aryl methyl sites for hydroxylation is 2. The maximum Gasteiger partial charge on any atom is 0.322 e. The number of nitrogens with one attached hydrogen (secondary N) is 1. The molecule has 1 saturated heterocycles. The highest BCUT2D eigenvalue weighted by Crippen LogP contribution is 2.31. The Kier molecular flexibility index (Phi) is 4.03. The molecule has 0 saturated carbocycles. The zero-order valence-corrected chi connectivity index (χ0v) is 14.2. The second-order valence-electron chi connectivity index (χ2n) is 6.79. The first-order valence-corrected chi connectivity index (χ1v) is 8.79. The van der Waals surface area contributed by atoms with Crippen LogP contribution in [-0.4, -0.2) is 28.4 Å². The molecule has 1 aliphatic heterocycles. The van der Waals surface area contributed by atoms with Gasteiger partial charge in [-0.2, -0.15) is 0 Å². The number of hydrogen-bond donors (Lipinski definition) is 1. The van der Waals surface area contributed by atoms with Gasteiger partial charge in [-0.05, 0) is 56.4 Å². The van der Waals surface area contributed by atoms with Crippen molar-refractivity contribution in [2.45, 2.75) is 45.1 Å². The molecule has 2 amide bonds. The van der Waals surface area contributed by atoms with Crippen LogP contribution < -0.4 is 5.32 Å². The summed E-state index contributed by atoms with van der Waals surface area (Å²) in [6, 6.07) is 7.25. The zero-order valence-electron chi connectivity index (χ0n) is 14.2. The summed E-state index contributed by atoms with van der Waals surface area (Å²) < 4.78 is 5.18. The largest absolute Gasteiger partial charge is 0.361 e. The van der Waals surface area contributed by atoms with Crippen molar-refractivity contribution in [3.8, 4) is 0 Å². The topological polar surface area (TPSA) is 75.4 Å². The average molecular weight is 339 g/mol. The van der Waals surface area contributed by atoms with Crippen molar-refractivity contribution in [3.63, 3.8) is 0 Å². The minimum Gasteiger partial charge on any atom is -0.361 e. The fourth-order valence-electron chi connectivity index (χ4n) is 3.75. The van der Waals surface area contributed by atoms with Crippen LogP contribution in [0.15, 0.2) is 28.8 Å². The standard InChI is InChI=1S/C19H21N3O3/c1-12-10-16(21-25-12)17-4-2-3-9-22(17)19(24)20-14-6-7-15-13(11-14)5-8-18(15)23/h6-7,10-11,17H,2-5,8-9H2,1H3,(H,20,24)/t17-/m0/s1. The van der Waals surface area contributed by atoms with Gasteiger partial charge in [0.2, 0.25) is 0 Å². The number of rotatable bonds is 2. The first kappa shape index (κ1) is 15.9. The lowest BCUT2D eigenvalue weighted by Gasteiger charge is -2.34. The maximum absolute atomic E-state index is 12.8. The van der Waals surface area contributed by atoms with Crippen LogP contribution in [0.5, 0.6) is 0 Å². The van der Waals surface area contributed by atoms with Gasteiger partial charge in [0.25, 0.3) is 0 Å². The minimum absolute atomic E-state index is 0.0535. The van der Waals surface area contributed by atoms with E-state index < -0.39 is 0 Å². The highest BCUT2D eigenvalue weighted by Gasteiger charge is 2.30. The van der Waals surface area contributed by atoms with Gasteiger partial charge >= 0.3 is 6.03 Å². The molecule has 1 aliphatic carbocycles. The van der Waals surface area contributed by atoms with Crippen LogP contribution in [0.2, 0.25) is 0 Å². The number of anilines is 1. The monoisotopic (exact) mass is 339 g/mol. The molecule has 1 fully saturated rings. The van der Waals surface area contributed by atoms with Gasteiger partial charge < -0.3 is 14.7 Å². The second-order valence-corrected chi connectivity index (χ2v) is 6.79. The van der Waals surface area contributed by atoms with Crippen molar-refractivity contribution in [1.29, 1.82) is 0 Å². The third kappa shape index (κ3) is 3.04. The Bertz CT molecular complexity index is 827. The fourth-order valence-corrected chi connectivity index (χ4v) is 3.75. The van der Waals surface area contributed by atoms with Gasteiger partial charge in [-0.15, -0.1) is 0 Å². The average Bonchev–Trinajstić information content (AvgIpc) is 3.21. The van der Waals surface area contributed by atoms with Gasteiger partial charge in [0, 0.05) is 30.3 Å². The molecule has 25 heavy (non-hydrogen) atoms. The number of piperidine rings is 1. The summed E-state index contributed by atoms with van der Waals surface area (Å²) in [7, 11) is 0. The summed E-state index contributed by atoms with van der Waals surface area (Å²) in [6.07, 6.45) is 4.26. The SMILES string of the molecule is Cc1cc([C@@H]2CCCCN2C(=O)Nc2ccc3c(c2)CCC3=O)no1. The molecule has 6 nitrogen and oxygen atoms in total. The lowest BCUT2D eigenvalue weighted by atomic mass is 9.99. The summed E-state index contributed by atoms with van der Waals surface area (Å²) in [4.78, 5) is 26.4. The molecule has 2 aliphatic rings. The van der Waals surface area contributed by atoms with E-state index in [0.717, 1.165) is 54.0 Å². The van der Waals surface area contributed by atoms with Crippen molar-refractivity contribution in [2.75, 3.05) is 11.9 Å². The molecule has 1 aromatic carbocycles. The number of fused-ring (bicyclic) bond motifs is 1. The summed E-state index contributed by atoms with van der Waals surface area (Å²) in [6.45, 7) is 2.56. The Hall–Kier alpha value is -2.63. The highest BCUT2D eigenvalue weighted by molar-refractivity contribution is 6.01. The summed E-state index contributed by atoms with van der Waals surface area (Å²) >= 11 is 0. The molecule has 2 heterocycles. The first-order valence-electron chi connectivity index (χ1n) is 8.79. The predicted octanol–water partition coefficient (Wildman–Crippen LogP) is 3.87. The third-order valence-electron chi connectivity index (χ3n) is 5.03. The number of ketones is 1. The van der Waals surface area contributed by atoms with Crippen molar-refractivity contribution in [1.82, 2.24) is 10.1 Å². The van der Waals surface area contributed by atoms with E-state index in [1.807, 2.05) is 30.0 Å². The van der Waals surface area contributed by atoms with Gasteiger partial charge in [-0.3, -0.25) is 4.79 Å². The number of carbonyl (C=O) groups excluding carboxylic acids is 2. The molecular weight excluding hydrogens is 318 g/mol. The smallest absolute Gasteiger partial charge is 0.322 e. The van der Waals surface area contributed by atoms with E-state index in [-0.39, 0.29) is 17.9 Å². The molecule has 1 atom stereocenters. The van der Waals surface area contributed by atoms with E-state index in [1.54, 1.807) is 6.07 Å². The maximum atomic E-state index is 12.8. The van der Waals surface area contributed by atoms with Crippen LogP contribution in [0.3, 0.4) is 0 Å². The van der Waals surface area contributed by atoms with Crippen molar-refractivity contribution >= 4 is 17.5 Å². The number of nitrogens with zero attached hydrogens (tertiary/aromatic N) is 2. The van der Waals surface area contributed by atoms with Gasteiger partial charge in [0.15, 0.2) is 5.78 Å². The van der Waals surface area contributed by atoms with Gasteiger partial charge in [-0.25, -0.2) is 4.79 Å². The summed E-state index contributed by atoms with van der Waals surface area (Å²) in [5.41, 5.74) is 3.35. The van der Waals surface area contributed by atoms with E-state index in [1.165, 1.54) is 0 Å². The van der Waals surface area contributed by atoms with E-state index >= 15 is 0 Å². The van der Waals surface area contributed by atoms with E-state index in [9.17, 15) is 9.59 Å². The van der Waals surface area contributed by atoms with E-state index in [2.05, 4.69) is 10.5 Å². The third-order valence-corrected chi connectivity index (χ3v) is 5.03. The molecule has 0 spiro atoms. The van der Waals surface area contributed by atoms with Crippen LogP contribution in [-0.2, 0) is 6.42 Å². The molecule has 0 unspecified atom stereocenters. The van der Waals surface area contributed by atoms with E-state index in [0.29, 0.717) is 13.0 Å². The molecular formula is C19H21N3O3. The van der Waals surface area contributed by atoms with Gasteiger partial charge in [0.05, 0.1) is 6.04 Å². The number of benzene rings is 1. The Morgan fingerprint density at radius 1 is 1.28 bits per heavy atom. The summed E-state index contributed by atoms with van der Waals surface area (Å²) in [5, 5.41) is 7.08. The zero-order chi connectivity index (χ0) is 17.4. The predicted molar refractivity (Wildman–Crippen MR) is 92.7 cm³/mol. The van der Waals surface area contributed by atoms with Crippen LogP contribution in [0, 0.1) is 6.92 Å². The molecule has 0 radical (unpaired) electrons. The fraction of sp³-hybridized carbons (Fsp3) is 0.421. The normalized spacial score (nSPS) is 19.8. The van der Waals surface area contributed by atoms with Crippen molar-refractivity contribution in [3.05, 3.63) is 46.8 Å². The first-order chi connectivity index (χ1) is 12.1. The molecule has 0 bridgehead atoms. The summed E-state index contributed by atoms with van der Waals surface area (Å²) in [5.74, 6) is 0.939. The van der Waals surface area contributed by atoms with Crippen LogP contribution in [0.25, 0.3) is 0 Å². The van der Waals surface area contributed by atoms with Gasteiger partial charge in [0.1, 0.15) is 11.5 Å². The molecule has 4 rings (SSSR count). The number of carbonyl (C=O) groups is 2. The highest BCUT2D eigenvalue weighted by atomic mass is 16.5. The minimum atomic E-state index is -0.130. The number of likely N-dealkylation sites (tertiary alicyclic amines) is 1. The Morgan fingerprint density at radius 3 is 2.96 bits per heavy atom. The number of aromatic nitrogens is 1. The Morgan fingerprint density at radius 2 is 2.16 bits per heavy atom. The molecule has 1 aromatic heterocycles. The molecule has 2 aromatic rings. The second kappa shape index (κ2) is 6.35. The number of Topliss-reactive ketones (excluding diaryl/α,β-unsaturated/α-hetero) is 1. The Labute approximate surface area is 146 Å². The van der Waals surface area contributed by atoms with Crippen LogP contribution in [0.1, 0.15) is 59.1 Å². The van der Waals surface area contributed by atoms with Crippen molar-refractivity contribution < 1.29 is 14.1 Å².